The molecule has 0 bridgehead atoms. The second-order valence-corrected chi connectivity index (χ2v) is 9.22. The maximum absolute atomic E-state index is 15.1. The molecule has 0 aliphatic heterocycles. The number of rotatable bonds is 6. The van der Waals surface area contributed by atoms with Gasteiger partial charge in [0.05, 0.1) is 5.41 Å². The van der Waals surface area contributed by atoms with Gasteiger partial charge in [0.25, 0.3) is 0 Å². The van der Waals surface area contributed by atoms with Gasteiger partial charge in [-0.25, -0.2) is 9.37 Å². The zero-order chi connectivity index (χ0) is 22.0. The van der Waals surface area contributed by atoms with Crippen LogP contribution in [0.25, 0.3) is 5.69 Å². The van der Waals surface area contributed by atoms with E-state index < -0.39 is 11.2 Å². The van der Waals surface area contributed by atoms with Crippen LogP contribution in [0.1, 0.15) is 50.4 Å². The summed E-state index contributed by atoms with van der Waals surface area (Å²) in [5, 5.41) is 14.2. The van der Waals surface area contributed by atoms with Crippen molar-refractivity contribution in [3.05, 3.63) is 58.2 Å². The van der Waals surface area contributed by atoms with Crippen molar-refractivity contribution in [2.75, 3.05) is 5.32 Å². The minimum Gasteiger partial charge on any atom is -0.310 e. The van der Waals surface area contributed by atoms with Crippen LogP contribution in [0.5, 0.6) is 0 Å². The molecule has 9 heteroatoms. The summed E-state index contributed by atoms with van der Waals surface area (Å²) in [6.45, 7) is 3.59. The van der Waals surface area contributed by atoms with E-state index in [4.69, 9.17) is 0 Å². The highest BCUT2D eigenvalue weighted by Gasteiger charge is 2.39. The van der Waals surface area contributed by atoms with Gasteiger partial charge in [-0.1, -0.05) is 31.7 Å². The second-order valence-electron chi connectivity index (χ2n) is 8.31. The zero-order valence-corrected chi connectivity index (χ0v) is 19.1. The summed E-state index contributed by atoms with van der Waals surface area (Å²) in [5.41, 5.74) is -0.0239. The van der Waals surface area contributed by atoms with Gasteiger partial charge in [0.2, 0.25) is 5.91 Å². The van der Waals surface area contributed by atoms with E-state index in [1.807, 2.05) is 13.0 Å². The van der Waals surface area contributed by atoms with Crippen molar-refractivity contribution in [2.45, 2.75) is 51.4 Å². The van der Waals surface area contributed by atoms with Crippen molar-refractivity contribution in [1.29, 1.82) is 0 Å². The Labute approximate surface area is 188 Å². The lowest BCUT2D eigenvalue weighted by atomic mass is 9.74. The summed E-state index contributed by atoms with van der Waals surface area (Å²) in [5.74, 6) is 0.713. The molecule has 0 saturated heterocycles. The fourth-order valence-electron chi connectivity index (χ4n) is 4.31. The van der Waals surface area contributed by atoms with Gasteiger partial charge in [-0.2, -0.15) is 4.68 Å². The molecule has 1 aromatic carbocycles. The fourth-order valence-corrected chi connectivity index (χ4v) is 4.55. The van der Waals surface area contributed by atoms with Crippen LogP contribution in [0, 0.1) is 18.7 Å². The highest BCUT2D eigenvalue weighted by molar-refractivity contribution is 9.10. The lowest BCUT2D eigenvalue weighted by Gasteiger charge is -2.31. The summed E-state index contributed by atoms with van der Waals surface area (Å²) in [7, 11) is 0. The maximum atomic E-state index is 15.1. The number of amides is 1. The van der Waals surface area contributed by atoms with E-state index >= 15 is 4.39 Å². The zero-order valence-electron chi connectivity index (χ0n) is 17.5. The lowest BCUT2D eigenvalue weighted by molar-refractivity contribution is -0.121. The normalized spacial score (nSPS) is 16.3. The van der Waals surface area contributed by atoms with Crippen LogP contribution in [0.3, 0.4) is 0 Å². The predicted octanol–water partition coefficient (Wildman–Crippen LogP) is 4.74. The molecule has 31 heavy (non-hydrogen) atoms. The van der Waals surface area contributed by atoms with Crippen molar-refractivity contribution < 1.29 is 9.18 Å². The predicted molar refractivity (Wildman–Crippen MR) is 118 cm³/mol. The van der Waals surface area contributed by atoms with E-state index in [2.05, 4.69) is 41.8 Å². The molecule has 4 rings (SSSR count). The van der Waals surface area contributed by atoms with Crippen molar-refractivity contribution in [2.24, 2.45) is 5.92 Å². The summed E-state index contributed by atoms with van der Waals surface area (Å²) in [6, 6.07) is 8.41. The second kappa shape index (κ2) is 8.82. The fraction of sp³-hybridized carbons (Fsp3) is 0.409. The van der Waals surface area contributed by atoms with E-state index in [0.29, 0.717) is 29.5 Å². The van der Waals surface area contributed by atoms with Crippen LogP contribution in [-0.4, -0.2) is 31.1 Å². The molecule has 3 aromatic rings. The largest absolute Gasteiger partial charge is 0.310 e. The molecule has 1 saturated carbocycles. The van der Waals surface area contributed by atoms with Crippen molar-refractivity contribution in [1.82, 2.24) is 25.2 Å². The van der Waals surface area contributed by atoms with Crippen LogP contribution >= 0.6 is 15.9 Å². The summed E-state index contributed by atoms with van der Waals surface area (Å²) in [6.07, 6.45) is 6.80. The van der Waals surface area contributed by atoms with Crippen LogP contribution in [0.2, 0.25) is 0 Å². The molecule has 1 aliphatic carbocycles. The average Bonchev–Trinajstić information content (AvgIpc) is 3.41. The topological polar surface area (TPSA) is 85.6 Å². The third-order valence-electron chi connectivity index (χ3n) is 6.08. The average molecular weight is 487 g/mol. The first kappa shape index (κ1) is 21.5. The minimum atomic E-state index is -0.904. The third-order valence-corrected chi connectivity index (χ3v) is 6.55. The number of hydrogen-bond donors (Lipinski definition) is 1. The number of halogens is 2. The van der Waals surface area contributed by atoms with E-state index in [0.717, 1.165) is 17.3 Å². The Bertz CT molecular complexity index is 1080. The molecule has 1 N–H and O–H groups in total. The van der Waals surface area contributed by atoms with Gasteiger partial charge in [0.1, 0.15) is 17.3 Å². The Morgan fingerprint density at radius 3 is 2.68 bits per heavy atom. The Hall–Kier alpha value is -2.68. The number of pyridine rings is 1. The Morgan fingerprint density at radius 1 is 1.29 bits per heavy atom. The number of tetrazole rings is 1. The van der Waals surface area contributed by atoms with Crippen molar-refractivity contribution in [3.8, 4) is 5.69 Å². The SMILES string of the molecule is Cc1nnnn1-c1ccc(C(C)(CC2CCCC2)C(=O)Nc2ccc(Br)cn2)cc1F. The van der Waals surface area contributed by atoms with E-state index in [1.54, 1.807) is 31.3 Å². The number of nitrogens with zero attached hydrogens (tertiary/aromatic N) is 5. The Morgan fingerprint density at radius 2 is 2.06 bits per heavy atom. The number of carbonyl (C=O) groups excluding carboxylic acids is 1. The van der Waals surface area contributed by atoms with Crippen LogP contribution < -0.4 is 5.32 Å². The van der Waals surface area contributed by atoms with Gasteiger partial charge >= 0.3 is 0 Å². The molecule has 2 heterocycles. The number of benzene rings is 1. The molecule has 1 aliphatic rings. The van der Waals surface area contributed by atoms with E-state index in [1.165, 1.54) is 23.6 Å². The summed E-state index contributed by atoms with van der Waals surface area (Å²) in [4.78, 5) is 17.7. The monoisotopic (exact) mass is 486 g/mol. The molecule has 162 valence electrons. The van der Waals surface area contributed by atoms with Crippen LogP contribution in [0.15, 0.2) is 41.0 Å². The van der Waals surface area contributed by atoms with Gasteiger partial charge in [0.15, 0.2) is 5.82 Å². The summed E-state index contributed by atoms with van der Waals surface area (Å²) < 4.78 is 17.3. The summed E-state index contributed by atoms with van der Waals surface area (Å²) >= 11 is 3.35. The van der Waals surface area contributed by atoms with Gasteiger partial charge in [-0.15, -0.1) is 5.10 Å². The van der Waals surface area contributed by atoms with Crippen molar-refractivity contribution >= 4 is 27.7 Å². The molecule has 7 nitrogen and oxygen atoms in total. The number of anilines is 1. The molecular weight excluding hydrogens is 463 g/mol. The van der Waals surface area contributed by atoms with Crippen LogP contribution in [0.4, 0.5) is 10.2 Å². The molecule has 1 amide bonds. The molecule has 1 unspecified atom stereocenters. The number of carbonyl (C=O) groups is 1. The quantitative estimate of drug-likeness (QED) is 0.543. The van der Waals surface area contributed by atoms with Crippen LogP contribution in [-0.2, 0) is 10.2 Å². The highest BCUT2D eigenvalue weighted by atomic mass is 79.9. The lowest BCUT2D eigenvalue weighted by Crippen LogP contribution is -2.39. The van der Waals surface area contributed by atoms with Gasteiger partial charge in [-0.05, 0) is 82.4 Å². The Kier molecular flexibility index (Phi) is 6.13. The maximum Gasteiger partial charge on any atom is 0.235 e. The van der Waals surface area contributed by atoms with Crippen molar-refractivity contribution in [3.63, 3.8) is 0 Å². The van der Waals surface area contributed by atoms with Gasteiger partial charge in [-0.3, -0.25) is 4.79 Å². The first-order valence-electron chi connectivity index (χ1n) is 10.4. The Balaban J connectivity index is 1.68. The molecule has 0 spiro atoms. The minimum absolute atomic E-state index is 0.194. The van der Waals surface area contributed by atoms with E-state index in [9.17, 15) is 4.79 Å². The van der Waals surface area contributed by atoms with E-state index in [-0.39, 0.29) is 11.6 Å². The first-order valence-corrected chi connectivity index (χ1v) is 11.1. The van der Waals surface area contributed by atoms with Gasteiger partial charge in [0, 0.05) is 10.7 Å². The number of aryl methyl sites for hydroxylation is 1. The molecule has 0 radical (unpaired) electrons. The van der Waals surface area contributed by atoms with Gasteiger partial charge < -0.3 is 5.32 Å². The smallest absolute Gasteiger partial charge is 0.235 e. The molecule has 2 aromatic heterocycles. The number of hydrogen-bond acceptors (Lipinski definition) is 5. The molecular formula is C22H24BrFN6O. The standard InChI is InChI=1S/C22H24BrFN6O/c1-14-27-28-29-30(14)19-9-7-16(11-18(19)24)22(2,12-15-5-3-4-6-15)21(31)26-20-10-8-17(23)13-25-20/h7-11,13,15H,3-6,12H2,1-2H3,(H,25,26,31). The number of aromatic nitrogens is 5. The highest BCUT2D eigenvalue weighted by Crippen LogP contribution is 2.39. The molecule has 1 atom stereocenters. The number of nitrogens with one attached hydrogen (secondary N) is 1. The molecule has 1 fully saturated rings. The first-order chi connectivity index (χ1) is 14.9. The third kappa shape index (κ3) is 4.51.